The molecule has 0 amide bonds. The summed E-state index contributed by atoms with van der Waals surface area (Å²) in [6.07, 6.45) is 1.14. The molecular formula is C15H16S2. The quantitative estimate of drug-likeness (QED) is 0.546. The number of thiophene rings is 2. The molecule has 0 atom stereocenters. The summed E-state index contributed by atoms with van der Waals surface area (Å²) >= 11 is 3.88. The van der Waals surface area contributed by atoms with Crippen LogP contribution in [0, 0.1) is 0 Å². The minimum Gasteiger partial charge on any atom is -0.140 e. The highest BCUT2D eigenvalue weighted by atomic mass is 32.1. The normalized spacial score (nSPS) is 12.0. The third kappa shape index (κ3) is 1.90. The van der Waals surface area contributed by atoms with Gasteiger partial charge in [-0.05, 0) is 47.4 Å². The van der Waals surface area contributed by atoms with Crippen LogP contribution in [0.2, 0.25) is 0 Å². The van der Waals surface area contributed by atoms with Crippen LogP contribution in [0.15, 0.2) is 24.3 Å². The molecule has 0 aliphatic heterocycles. The summed E-state index contributed by atoms with van der Waals surface area (Å²) in [5, 5.41) is 2.82. The van der Waals surface area contributed by atoms with E-state index >= 15 is 0 Å². The number of benzene rings is 1. The first kappa shape index (κ1) is 11.2. The van der Waals surface area contributed by atoms with E-state index in [0.29, 0.717) is 5.92 Å². The second kappa shape index (κ2) is 4.11. The lowest BCUT2D eigenvalue weighted by molar-refractivity contribution is 0.890. The van der Waals surface area contributed by atoms with Crippen molar-refractivity contribution < 1.29 is 0 Å². The van der Waals surface area contributed by atoms with Gasteiger partial charge in [0.2, 0.25) is 0 Å². The third-order valence-electron chi connectivity index (χ3n) is 3.14. The van der Waals surface area contributed by atoms with Crippen LogP contribution in [-0.2, 0) is 6.42 Å². The van der Waals surface area contributed by atoms with Gasteiger partial charge >= 0.3 is 0 Å². The van der Waals surface area contributed by atoms with Crippen LogP contribution in [-0.4, -0.2) is 0 Å². The number of aryl methyl sites for hydroxylation is 1. The second-order valence-corrected chi connectivity index (χ2v) is 7.08. The summed E-state index contributed by atoms with van der Waals surface area (Å²) < 4.78 is 2.87. The SMILES string of the molecule is CCc1cc2cc3cc(C(C)C)sc3cc2s1. The van der Waals surface area contributed by atoms with Crippen LogP contribution in [0.25, 0.3) is 20.2 Å². The van der Waals surface area contributed by atoms with E-state index in [1.807, 2.05) is 22.7 Å². The summed E-state index contributed by atoms with van der Waals surface area (Å²) in [5.74, 6) is 0.636. The average Bonchev–Trinajstić information content (AvgIpc) is 2.87. The summed E-state index contributed by atoms with van der Waals surface area (Å²) in [7, 11) is 0. The molecule has 0 fully saturated rings. The minimum absolute atomic E-state index is 0.636. The first-order chi connectivity index (χ1) is 8.17. The Labute approximate surface area is 110 Å². The third-order valence-corrected chi connectivity index (χ3v) is 5.78. The fourth-order valence-electron chi connectivity index (χ4n) is 2.11. The molecule has 2 heterocycles. The summed E-state index contributed by atoms with van der Waals surface area (Å²) in [5.41, 5.74) is 0. The second-order valence-electron chi connectivity index (χ2n) is 4.80. The van der Waals surface area contributed by atoms with Gasteiger partial charge in [0.1, 0.15) is 0 Å². The first-order valence-electron chi connectivity index (χ1n) is 6.13. The van der Waals surface area contributed by atoms with Crippen LogP contribution >= 0.6 is 22.7 Å². The number of rotatable bonds is 2. The van der Waals surface area contributed by atoms with E-state index in [0.717, 1.165) is 6.42 Å². The number of hydrogen-bond acceptors (Lipinski definition) is 2. The van der Waals surface area contributed by atoms with E-state index in [4.69, 9.17) is 0 Å². The van der Waals surface area contributed by atoms with Gasteiger partial charge in [0, 0.05) is 19.2 Å². The van der Waals surface area contributed by atoms with E-state index in [-0.39, 0.29) is 0 Å². The van der Waals surface area contributed by atoms with E-state index < -0.39 is 0 Å². The molecule has 0 bridgehead atoms. The molecule has 0 aliphatic rings. The Kier molecular flexibility index (Phi) is 2.72. The fraction of sp³-hybridized carbons (Fsp3) is 0.333. The average molecular weight is 260 g/mol. The standard InChI is InChI=1S/C15H16S2/c1-4-12-6-10-5-11-7-13(9(2)3)17-15(11)8-14(10)16-12/h5-9H,4H2,1-3H3. The predicted octanol–water partition coefficient (Wildman–Crippen LogP) is 5.80. The van der Waals surface area contributed by atoms with E-state index in [1.54, 1.807) is 0 Å². The van der Waals surface area contributed by atoms with Crippen molar-refractivity contribution in [1.29, 1.82) is 0 Å². The Bertz CT molecular complexity index is 620. The van der Waals surface area contributed by atoms with Gasteiger partial charge in [0.15, 0.2) is 0 Å². The molecular weight excluding hydrogens is 244 g/mol. The first-order valence-corrected chi connectivity index (χ1v) is 7.76. The van der Waals surface area contributed by atoms with Gasteiger partial charge in [-0.25, -0.2) is 0 Å². The van der Waals surface area contributed by atoms with Crippen molar-refractivity contribution in [3.8, 4) is 0 Å². The molecule has 0 saturated heterocycles. The van der Waals surface area contributed by atoms with E-state index in [2.05, 4.69) is 45.0 Å². The summed E-state index contributed by atoms with van der Waals surface area (Å²) in [6, 6.07) is 9.41. The molecule has 0 saturated carbocycles. The van der Waals surface area contributed by atoms with Gasteiger partial charge in [-0.15, -0.1) is 22.7 Å². The van der Waals surface area contributed by atoms with E-state index in [9.17, 15) is 0 Å². The highest BCUT2D eigenvalue weighted by molar-refractivity contribution is 7.21. The molecule has 88 valence electrons. The van der Waals surface area contributed by atoms with Crippen LogP contribution in [0.4, 0.5) is 0 Å². The molecule has 2 heteroatoms. The largest absolute Gasteiger partial charge is 0.140 e. The zero-order valence-corrected chi connectivity index (χ0v) is 12.0. The van der Waals surface area contributed by atoms with Crippen molar-refractivity contribution in [2.45, 2.75) is 33.1 Å². The van der Waals surface area contributed by atoms with Gasteiger partial charge in [-0.2, -0.15) is 0 Å². The van der Waals surface area contributed by atoms with Gasteiger partial charge in [-0.3, -0.25) is 0 Å². The molecule has 17 heavy (non-hydrogen) atoms. The monoisotopic (exact) mass is 260 g/mol. The zero-order chi connectivity index (χ0) is 12.0. The summed E-state index contributed by atoms with van der Waals surface area (Å²) in [4.78, 5) is 2.98. The van der Waals surface area contributed by atoms with Crippen LogP contribution in [0.5, 0.6) is 0 Å². The Hall–Kier alpha value is -0.860. The maximum Gasteiger partial charge on any atom is 0.0360 e. The smallest absolute Gasteiger partial charge is 0.0360 e. The Morgan fingerprint density at radius 3 is 2.35 bits per heavy atom. The number of fused-ring (bicyclic) bond motifs is 2. The lowest BCUT2D eigenvalue weighted by atomic mass is 10.1. The van der Waals surface area contributed by atoms with Crippen LogP contribution < -0.4 is 0 Å². The summed E-state index contributed by atoms with van der Waals surface area (Å²) in [6.45, 7) is 6.76. The molecule has 3 aromatic rings. The van der Waals surface area contributed by atoms with Crippen molar-refractivity contribution in [1.82, 2.24) is 0 Å². The van der Waals surface area contributed by atoms with Crippen molar-refractivity contribution in [3.05, 3.63) is 34.0 Å². The maximum absolute atomic E-state index is 2.37. The van der Waals surface area contributed by atoms with E-state index in [1.165, 1.54) is 29.9 Å². The van der Waals surface area contributed by atoms with Crippen LogP contribution in [0.1, 0.15) is 36.4 Å². The van der Waals surface area contributed by atoms with Gasteiger partial charge in [0.25, 0.3) is 0 Å². The molecule has 3 rings (SSSR count). The molecule has 0 nitrogen and oxygen atoms in total. The number of hydrogen-bond donors (Lipinski definition) is 0. The van der Waals surface area contributed by atoms with Crippen molar-refractivity contribution in [3.63, 3.8) is 0 Å². The van der Waals surface area contributed by atoms with Gasteiger partial charge in [0.05, 0.1) is 0 Å². The Morgan fingerprint density at radius 1 is 0.941 bits per heavy atom. The molecule has 0 N–H and O–H groups in total. The van der Waals surface area contributed by atoms with Gasteiger partial charge < -0.3 is 0 Å². The molecule has 0 spiro atoms. The molecule has 1 aromatic carbocycles. The Balaban J connectivity index is 2.24. The lowest BCUT2D eigenvalue weighted by Crippen LogP contribution is -1.77. The Morgan fingerprint density at radius 2 is 1.65 bits per heavy atom. The highest BCUT2D eigenvalue weighted by Gasteiger charge is 2.08. The fourth-order valence-corrected chi connectivity index (χ4v) is 4.30. The zero-order valence-electron chi connectivity index (χ0n) is 10.4. The predicted molar refractivity (Wildman–Crippen MR) is 80.7 cm³/mol. The topological polar surface area (TPSA) is 0 Å². The molecule has 0 aliphatic carbocycles. The molecule has 2 aromatic heterocycles. The maximum atomic E-state index is 2.37. The van der Waals surface area contributed by atoms with Gasteiger partial charge in [-0.1, -0.05) is 20.8 Å². The van der Waals surface area contributed by atoms with Crippen LogP contribution in [0.3, 0.4) is 0 Å². The lowest BCUT2D eigenvalue weighted by Gasteiger charge is -1.96. The minimum atomic E-state index is 0.636. The van der Waals surface area contributed by atoms with Crippen molar-refractivity contribution in [2.75, 3.05) is 0 Å². The molecule has 0 unspecified atom stereocenters. The van der Waals surface area contributed by atoms with Crippen molar-refractivity contribution >= 4 is 42.8 Å². The highest BCUT2D eigenvalue weighted by Crippen LogP contribution is 2.36. The molecule has 0 radical (unpaired) electrons. The van der Waals surface area contributed by atoms with Crippen molar-refractivity contribution in [2.24, 2.45) is 0 Å².